The lowest BCUT2D eigenvalue weighted by Gasteiger charge is -2.31. The van der Waals surface area contributed by atoms with Gasteiger partial charge < -0.3 is 15.7 Å². The first-order chi connectivity index (χ1) is 8.05. The number of rotatable bonds is 5. The fourth-order valence-corrected chi connectivity index (χ4v) is 2.77. The van der Waals surface area contributed by atoms with Crippen LogP contribution in [-0.2, 0) is 9.59 Å². The number of hydrogen-bond donors (Lipinski definition) is 3. The van der Waals surface area contributed by atoms with E-state index in [-0.39, 0.29) is 11.9 Å². The molecule has 0 saturated carbocycles. The third kappa shape index (κ3) is 3.35. The predicted molar refractivity (Wildman–Crippen MR) is 68.2 cm³/mol. The molecule has 1 atom stereocenters. The van der Waals surface area contributed by atoms with Gasteiger partial charge in [-0.2, -0.15) is 11.8 Å². The van der Waals surface area contributed by atoms with Crippen molar-refractivity contribution in [3.05, 3.63) is 0 Å². The Morgan fingerprint density at radius 3 is 2.53 bits per heavy atom. The van der Waals surface area contributed by atoms with E-state index < -0.39 is 11.5 Å². The van der Waals surface area contributed by atoms with Crippen molar-refractivity contribution < 1.29 is 14.7 Å². The summed E-state index contributed by atoms with van der Waals surface area (Å²) in [7, 11) is 0. The first kappa shape index (κ1) is 14.3. The molecule has 0 aromatic rings. The zero-order valence-electron chi connectivity index (χ0n) is 10.3. The summed E-state index contributed by atoms with van der Waals surface area (Å²) >= 11 is 1.71. The zero-order chi connectivity index (χ0) is 12.9. The second-order valence-electron chi connectivity index (χ2n) is 4.17. The van der Waals surface area contributed by atoms with Crippen molar-refractivity contribution in [1.82, 2.24) is 10.6 Å². The summed E-state index contributed by atoms with van der Waals surface area (Å²) in [6.45, 7) is 4.35. The molecular weight excluding hydrogens is 240 g/mol. The Morgan fingerprint density at radius 1 is 1.47 bits per heavy atom. The summed E-state index contributed by atoms with van der Waals surface area (Å²) < 4.78 is 0. The monoisotopic (exact) mass is 260 g/mol. The maximum Gasteiger partial charge on any atom is 0.329 e. The van der Waals surface area contributed by atoms with Crippen molar-refractivity contribution in [2.75, 3.05) is 18.1 Å². The van der Waals surface area contributed by atoms with E-state index in [1.54, 1.807) is 25.6 Å². The Labute approximate surface area is 106 Å². The van der Waals surface area contributed by atoms with E-state index in [4.69, 9.17) is 0 Å². The molecule has 1 amide bonds. The van der Waals surface area contributed by atoms with E-state index in [1.807, 2.05) is 0 Å². The van der Waals surface area contributed by atoms with Crippen molar-refractivity contribution >= 4 is 23.6 Å². The second-order valence-corrected chi connectivity index (χ2v) is 5.32. The SMILES string of the molecule is CCC(CC)(NC(=O)C1CSCCN1)C(=O)O. The highest BCUT2D eigenvalue weighted by atomic mass is 32.2. The first-order valence-corrected chi connectivity index (χ1v) is 7.07. The maximum atomic E-state index is 12.0. The fourth-order valence-electron chi connectivity index (χ4n) is 1.84. The summed E-state index contributed by atoms with van der Waals surface area (Å²) in [6.07, 6.45) is 0.787. The Kier molecular flexibility index (Phi) is 5.27. The molecular formula is C11H20N2O3S. The van der Waals surface area contributed by atoms with Gasteiger partial charge in [-0.1, -0.05) is 13.8 Å². The predicted octanol–water partition coefficient (Wildman–Crippen LogP) is 0.451. The lowest BCUT2D eigenvalue weighted by atomic mass is 9.92. The van der Waals surface area contributed by atoms with Crippen LogP contribution in [0.1, 0.15) is 26.7 Å². The van der Waals surface area contributed by atoms with E-state index in [9.17, 15) is 14.7 Å². The molecule has 1 rings (SSSR count). The van der Waals surface area contributed by atoms with Crippen molar-refractivity contribution in [3.63, 3.8) is 0 Å². The Hall–Kier alpha value is -0.750. The average Bonchev–Trinajstić information content (AvgIpc) is 2.36. The highest BCUT2D eigenvalue weighted by Crippen LogP contribution is 2.17. The van der Waals surface area contributed by atoms with Crippen LogP contribution in [0.5, 0.6) is 0 Å². The van der Waals surface area contributed by atoms with Crippen LogP contribution in [0.15, 0.2) is 0 Å². The topological polar surface area (TPSA) is 78.4 Å². The summed E-state index contributed by atoms with van der Waals surface area (Å²) in [5.41, 5.74) is -1.12. The van der Waals surface area contributed by atoms with Crippen LogP contribution in [0.2, 0.25) is 0 Å². The molecule has 1 fully saturated rings. The Morgan fingerprint density at radius 2 is 2.12 bits per heavy atom. The van der Waals surface area contributed by atoms with Crippen LogP contribution >= 0.6 is 11.8 Å². The summed E-state index contributed by atoms with van der Waals surface area (Å²) in [6, 6.07) is -0.273. The average molecular weight is 260 g/mol. The minimum Gasteiger partial charge on any atom is -0.480 e. The van der Waals surface area contributed by atoms with Crippen molar-refractivity contribution in [3.8, 4) is 0 Å². The fraction of sp³-hybridized carbons (Fsp3) is 0.818. The van der Waals surface area contributed by atoms with Crippen molar-refractivity contribution in [1.29, 1.82) is 0 Å². The quantitative estimate of drug-likeness (QED) is 0.669. The van der Waals surface area contributed by atoms with Crippen LogP contribution in [-0.4, -0.2) is 46.6 Å². The van der Waals surface area contributed by atoms with Gasteiger partial charge in [-0.3, -0.25) is 4.79 Å². The number of hydrogen-bond acceptors (Lipinski definition) is 4. The van der Waals surface area contributed by atoms with Gasteiger partial charge >= 0.3 is 5.97 Å². The number of carbonyl (C=O) groups is 2. The third-order valence-electron chi connectivity index (χ3n) is 3.22. The molecule has 0 bridgehead atoms. The van der Waals surface area contributed by atoms with Crippen LogP contribution in [0.4, 0.5) is 0 Å². The number of thioether (sulfide) groups is 1. The second kappa shape index (κ2) is 6.26. The van der Waals surface area contributed by atoms with E-state index in [0.29, 0.717) is 18.6 Å². The minimum absolute atomic E-state index is 0.205. The molecule has 1 aliphatic heterocycles. The molecule has 3 N–H and O–H groups in total. The van der Waals surface area contributed by atoms with E-state index >= 15 is 0 Å². The minimum atomic E-state index is -1.12. The van der Waals surface area contributed by atoms with Crippen molar-refractivity contribution in [2.45, 2.75) is 38.3 Å². The lowest BCUT2D eigenvalue weighted by molar-refractivity contribution is -0.148. The molecule has 0 aromatic carbocycles. The normalized spacial score (nSPS) is 20.9. The van der Waals surface area contributed by atoms with Crippen LogP contribution < -0.4 is 10.6 Å². The molecule has 98 valence electrons. The maximum absolute atomic E-state index is 12.0. The van der Waals surface area contributed by atoms with Gasteiger partial charge in [-0.25, -0.2) is 4.79 Å². The molecule has 0 spiro atoms. The van der Waals surface area contributed by atoms with Gasteiger partial charge in [0.1, 0.15) is 5.54 Å². The van der Waals surface area contributed by atoms with Crippen molar-refractivity contribution in [2.24, 2.45) is 0 Å². The van der Waals surface area contributed by atoms with Gasteiger partial charge in [0.2, 0.25) is 5.91 Å². The van der Waals surface area contributed by atoms with Gasteiger partial charge in [-0.15, -0.1) is 0 Å². The number of carboxylic acids is 1. The van der Waals surface area contributed by atoms with E-state index in [2.05, 4.69) is 10.6 Å². The number of nitrogens with one attached hydrogen (secondary N) is 2. The van der Waals surface area contributed by atoms with Gasteiger partial charge in [-0.05, 0) is 12.8 Å². The number of carboxylic acid groups (broad SMARTS) is 1. The third-order valence-corrected chi connectivity index (χ3v) is 4.28. The van der Waals surface area contributed by atoms with E-state index in [1.165, 1.54) is 0 Å². The highest BCUT2D eigenvalue weighted by molar-refractivity contribution is 7.99. The number of aliphatic carboxylic acids is 1. The molecule has 0 aromatic heterocycles. The molecule has 5 nitrogen and oxygen atoms in total. The number of carbonyl (C=O) groups excluding carboxylic acids is 1. The summed E-state index contributed by atoms with van der Waals surface area (Å²) in [5.74, 6) is 0.535. The Balaban J connectivity index is 2.66. The smallest absolute Gasteiger partial charge is 0.329 e. The number of amides is 1. The molecule has 0 radical (unpaired) electrons. The lowest BCUT2D eigenvalue weighted by Crippen LogP contribution is -2.59. The van der Waals surface area contributed by atoms with Gasteiger partial charge in [0.05, 0.1) is 6.04 Å². The van der Waals surface area contributed by atoms with E-state index in [0.717, 1.165) is 12.3 Å². The molecule has 1 aliphatic rings. The molecule has 1 unspecified atom stereocenters. The largest absolute Gasteiger partial charge is 0.480 e. The zero-order valence-corrected chi connectivity index (χ0v) is 11.1. The van der Waals surface area contributed by atoms with Crippen LogP contribution in [0.25, 0.3) is 0 Å². The van der Waals surface area contributed by atoms with Gasteiger partial charge in [0.15, 0.2) is 0 Å². The molecule has 1 heterocycles. The molecule has 6 heteroatoms. The summed E-state index contributed by atoms with van der Waals surface area (Å²) in [5, 5.41) is 15.0. The Bertz CT molecular complexity index is 286. The standard InChI is InChI=1S/C11H20N2O3S/c1-3-11(4-2,10(15)16)13-9(14)8-7-17-6-5-12-8/h8,12H,3-7H2,1-2H3,(H,13,14)(H,15,16). The highest BCUT2D eigenvalue weighted by Gasteiger charge is 2.38. The first-order valence-electron chi connectivity index (χ1n) is 5.92. The van der Waals surface area contributed by atoms with Crippen LogP contribution in [0, 0.1) is 0 Å². The summed E-state index contributed by atoms with van der Waals surface area (Å²) in [4.78, 5) is 23.2. The molecule has 0 aliphatic carbocycles. The van der Waals surface area contributed by atoms with Gasteiger partial charge in [0.25, 0.3) is 0 Å². The molecule has 1 saturated heterocycles. The van der Waals surface area contributed by atoms with Gasteiger partial charge in [0, 0.05) is 18.1 Å². The molecule has 17 heavy (non-hydrogen) atoms. The van der Waals surface area contributed by atoms with Crippen LogP contribution in [0.3, 0.4) is 0 Å².